The summed E-state index contributed by atoms with van der Waals surface area (Å²) in [6, 6.07) is 51.5. The molecule has 0 saturated heterocycles. The zero-order chi connectivity index (χ0) is 32.2. The molecule has 2 aliphatic rings. The van der Waals surface area contributed by atoms with Gasteiger partial charge in [-0.05, 0) is 64.5 Å². The third kappa shape index (κ3) is 3.03. The van der Waals surface area contributed by atoms with Crippen LogP contribution in [0.2, 0.25) is 0 Å². The van der Waals surface area contributed by atoms with Gasteiger partial charge in [-0.25, -0.2) is 0 Å². The van der Waals surface area contributed by atoms with Crippen molar-refractivity contribution < 1.29 is 4.42 Å². The van der Waals surface area contributed by atoms with Gasteiger partial charge in [0.25, 0.3) is 0 Å². The van der Waals surface area contributed by atoms with Crippen LogP contribution in [0.4, 0.5) is 0 Å². The largest absolute Gasteiger partial charge is 0.454 e. The van der Waals surface area contributed by atoms with E-state index in [4.69, 9.17) is 4.42 Å². The lowest BCUT2D eigenvalue weighted by Gasteiger charge is -2.42. The Bertz CT molecular complexity index is 3080. The molecule has 49 heavy (non-hydrogen) atoms. The van der Waals surface area contributed by atoms with Crippen molar-refractivity contribution in [2.45, 2.75) is 19.3 Å². The first-order valence-electron chi connectivity index (χ1n) is 17.2. The van der Waals surface area contributed by atoms with E-state index in [9.17, 15) is 0 Å². The molecule has 0 spiro atoms. The van der Waals surface area contributed by atoms with Crippen molar-refractivity contribution in [3.05, 3.63) is 151 Å². The van der Waals surface area contributed by atoms with Crippen LogP contribution in [0, 0.1) is 0 Å². The Hall–Kier alpha value is -6.00. The maximum atomic E-state index is 6.90. The quantitative estimate of drug-likeness (QED) is 0.167. The average molecular weight is 625 g/mol. The fraction of sp³-hybridized carbons (Fsp3) is 0.0667. The van der Waals surface area contributed by atoms with Crippen LogP contribution in [0.3, 0.4) is 0 Å². The molecule has 0 saturated carbocycles. The molecule has 0 aliphatic carbocycles. The van der Waals surface area contributed by atoms with E-state index in [0.29, 0.717) is 0 Å². The normalized spacial score (nSPS) is 14.4. The summed E-state index contributed by atoms with van der Waals surface area (Å²) in [6.45, 7) is 4.92. The van der Waals surface area contributed by atoms with Crippen LogP contribution >= 0.6 is 0 Å². The molecule has 0 amide bonds. The van der Waals surface area contributed by atoms with E-state index in [2.05, 4.69) is 163 Å². The van der Waals surface area contributed by atoms with Gasteiger partial charge in [-0.2, -0.15) is 0 Å². The fourth-order valence-corrected chi connectivity index (χ4v) is 9.69. The van der Waals surface area contributed by atoms with Gasteiger partial charge in [-0.15, -0.1) is 0 Å². The molecule has 5 heterocycles. The van der Waals surface area contributed by atoms with Crippen molar-refractivity contribution in [3.63, 3.8) is 0 Å². The Labute approximate surface area is 282 Å². The van der Waals surface area contributed by atoms with Gasteiger partial charge in [-0.3, -0.25) is 0 Å². The van der Waals surface area contributed by atoms with E-state index in [1.54, 1.807) is 0 Å². The Morgan fingerprint density at radius 2 is 1.18 bits per heavy atom. The Morgan fingerprint density at radius 1 is 0.510 bits per heavy atom. The molecule has 0 unspecified atom stereocenters. The molecule has 0 fully saturated rings. The molecule has 0 atom stereocenters. The lowest BCUT2D eigenvalue weighted by atomic mass is 9.30. The number of fused-ring (bicyclic) bond motifs is 14. The van der Waals surface area contributed by atoms with E-state index in [1.807, 2.05) is 0 Å². The molecule has 4 heteroatoms. The van der Waals surface area contributed by atoms with Gasteiger partial charge in [0.05, 0.1) is 22.2 Å². The highest BCUT2D eigenvalue weighted by Gasteiger charge is 2.46. The molecule has 228 valence electrons. The minimum absolute atomic E-state index is 0.0642. The van der Waals surface area contributed by atoms with Gasteiger partial charge < -0.3 is 13.6 Å². The zero-order valence-electron chi connectivity index (χ0n) is 27.2. The summed E-state index contributed by atoms with van der Waals surface area (Å²) < 4.78 is 11.9. The Morgan fingerprint density at radius 3 is 2.00 bits per heavy atom. The minimum atomic E-state index is -0.275. The molecular formula is C45H29BN2O. The first kappa shape index (κ1) is 26.0. The Kier molecular flexibility index (Phi) is 4.63. The van der Waals surface area contributed by atoms with E-state index in [1.165, 1.54) is 93.3 Å². The summed E-state index contributed by atoms with van der Waals surface area (Å²) in [5.74, 6) is 0. The van der Waals surface area contributed by atoms with Gasteiger partial charge >= 0.3 is 0 Å². The molecule has 10 aromatic rings. The first-order valence-corrected chi connectivity index (χ1v) is 17.2. The highest BCUT2D eigenvalue weighted by molar-refractivity contribution is 6.99. The molecule has 3 aromatic heterocycles. The standard InChI is InChI=1S/C45H29BN2O/c1-45(2)33-25-39-31(28-16-7-9-20-37(28)47(39)26-13-4-3-5-14-26)24-36(33)46-35-19-12-18-30-27-15-6-10-21-38(27)48(42(30)35)43-41(46)34(45)23-32-29-17-8-11-22-40(29)49-44(32)43/h3-25H,1-2H3. The topological polar surface area (TPSA) is 23.0 Å². The maximum absolute atomic E-state index is 6.90. The summed E-state index contributed by atoms with van der Waals surface area (Å²) in [6.07, 6.45) is 0. The van der Waals surface area contributed by atoms with Crippen molar-refractivity contribution in [3.8, 4) is 11.4 Å². The molecule has 0 bridgehead atoms. The van der Waals surface area contributed by atoms with Gasteiger partial charge in [-0.1, -0.05) is 116 Å². The molecule has 7 aromatic carbocycles. The third-order valence-electron chi connectivity index (χ3n) is 11.7. The van der Waals surface area contributed by atoms with E-state index < -0.39 is 0 Å². The molecule has 0 N–H and O–H groups in total. The number of nitrogens with zero attached hydrogens (tertiary/aromatic N) is 2. The third-order valence-corrected chi connectivity index (χ3v) is 11.7. The van der Waals surface area contributed by atoms with Gasteiger partial charge in [0.1, 0.15) is 5.58 Å². The van der Waals surface area contributed by atoms with Crippen molar-refractivity contribution in [2.24, 2.45) is 0 Å². The van der Waals surface area contributed by atoms with Crippen LogP contribution in [0.5, 0.6) is 0 Å². The molecule has 2 aliphatic heterocycles. The summed E-state index contributed by atoms with van der Waals surface area (Å²) in [7, 11) is 0. The number of para-hydroxylation sites is 5. The van der Waals surface area contributed by atoms with E-state index in [-0.39, 0.29) is 12.1 Å². The lowest BCUT2D eigenvalue weighted by Crippen LogP contribution is -2.63. The van der Waals surface area contributed by atoms with Crippen LogP contribution in [0.25, 0.3) is 76.9 Å². The smallest absolute Gasteiger partial charge is 0.247 e. The molecule has 12 rings (SSSR count). The minimum Gasteiger partial charge on any atom is -0.454 e. The number of aromatic nitrogens is 2. The SMILES string of the molecule is CC1(C)c2cc3c(cc2B2c4c1cc1c(oc5ccccc51)c4-n1c4ccccc4c4cccc2c41)c1ccccc1n3-c1ccccc1. The monoisotopic (exact) mass is 624 g/mol. The lowest BCUT2D eigenvalue weighted by molar-refractivity contribution is 0.643. The van der Waals surface area contributed by atoms with Crippen LogP contribution in [-0.4, -0.2) is 15.8 Å². The molecular weight excluding hydrogens is 595 g/mol. The fourth-order valence-electron chi connectivity index (χ4n) is 9.69. The summed E-state index contributed by atoms with van der Waals surface area (Å²) in [5.41, 5.74) is 15.9. The highest BCUT2D eigenvalue weighted by atomic mass is 16.3. The molecule has 0 radical (unpaired) electrons. The average Bonchev–Trinajstić information content (AvgIpc) is 3.79. The predicted molar refractivity (Wildman–Crippen MR) is 206 cm³/mol. The Balaban J connectivity index is 1.31. The summed E-state index contributed by atoms with van der Waals surface area (Å²) in [5, 5.41) is 7.50. The second kappa shape index (κ2) is 8.72. The van der Waals surface area contributed by atoms with Crippen molar-refractivity contribution in [2.75, 3.05) is 0 Å². The van der Waals surface area contributed by atoms with Crippen LogP contribution in [-0.2, 0) is 5.41 Å². The van der Waals surface area contributed by atoms with Crippen molar-refractivity contribution >= 4 is 88.7 Å². The number of rotatable bonds is 1. The zero-order valence-corrected chi connectivity index (χ0v) is 27.2. The number of hydrogen-bond acceptors (Lipinski definition) is 1. The van der Waals surface area contributed by atoms with Gasteiger partial charge in [0, 0.05) is 48.9 Å². The number of furan rings is 1. The van der Waals surface area contributed by atoms with E-state index in [0.717, 1.165) is 11.2 Å². The second-order valence-corrected chi connectivity index (χ2v) is 14.5. The predicted octanol–water partition coefficient (Wildman–Crippen LogP) is 9.25. The van der Waals surface area contributed by atoms with E-state index >= 15 is 0 Å². The summed E-state index contributed by atoms with van der Waals surface area (Å²) >= 11 is 0. The van der Waals surface area contributed by atoms with Crippen molar-refractivity contribution in [1.82, 2.24) is 9.13 Å². The van der Waals surface area contributed by atoms with Crippen LogP contribution < -0.4 is 16.4 Å². The molecule has 3 nitrogen and oxygen atoms in total. The van der Waals surface area contributed by atoms with Crippen LogP contribution in [0.1, 0.15) is 25.0 Å². The summed E-state index contributed by atoms with van der Waals surface area (Å²) in [4.78, 5) is 0. The number of benzene rings is 7. The van der Waals surface area contributed by atoms with Crippen molar-refractivity contribution in [1.29, 1.82) is 0 Å². The maximum Gasteiger partial charge on any atom is 0.247 e. The van der Waals surface area contributed by atoms with Gasteiger partial charge in [0.2, 0.25) is 6.71 Å². The highest BCUT2D eigenvalue weighted by Crippen LogP contribution is 2.45. The van der Waals surface area contributed by atoms with Gasteiger partial charge in [0.15, 0.2) is 5.58 Å². The van der Waals surface area contributed by atoms with Crippen LogP contribution in [0.15, 0.2) is 144 Å². The number of hydrogen-bond donors (Lipinski definition) is 0. The second-order valence-electron chi connectivity index (χ2n) is 14.5. The first-order chi connectivity index (χ1) is 24.1.